The van der Waals surface area contributed by atoms with Gasteiger partial charge in [0.25, 0.3) is 0 Å². The fourth-order valence-electron chi connectivity index (χ4n) is 3.08. The van der Waals surface area contributed by atoms with Gasteiger partial charge in [0.1, 0.15) is 0 Å². The molecule has 0 bridgehead atoms. The van der Waals surface area contributed by atoms with Crippen molar-refractivity contribution in [3.8, 4) is 0 Å². The molecular weight excluding hydrogens is 312 g/mol. The lowest BCUT2D eigenvalue weighted by Gasteiger charge is -2.36. The Balaban J connectivity index is 0.000000150. The van der Waals surface area contributed by atoms with Crippen molar-refractivity contribution in [3.05, 3.63) is 71.8 Å². The molecule has 2 aromatic carbocycles. The van der Waals surface area contributed by atoms with Gasteiger partial charge in [-0.15, -0.1) is 0 Å². The summed E-state index contributed by atoms with van der Waals surface area (Å²) >= 11 is 0. The first-order chi connectivity index (χ1) is 12.2. The first kappa shape index (κ1) is 17.6. The van der Waals surface area contributed by atoms with Crippen molar-refractivity contribution in [2.45, 2.75) is 19.5 Å². The number of likely N-dealkylation sites (tertiary alicyclic amines) is 2. The molecule has 25 heavy (non-hydrogen) atoms. The van der Waals surface area contributed by atoms with Crippen LogP contribution in [0.4, 0.5) is 0 Å². The largest absolute Gasteiger partial charge is 0.481 e. The molecule has 0 aliphatic carbocycles. The van der Waals surface area contributed by atoms with E-state index in [9.17, 15) is 4.79 Å². The Morgan fingerprint density at radius 3 is 1.72 bits per heavy atom. The molecule has 0 amide bonds. The van der Waals surface area contributed by atoms with E-state index in [1.807, 2.05) is 18.2 Å². The summed E-state index contributed by atoms with van der Waals surface area (Å²) < 4.78 is 0. The number of benzene rings is 2. The molecule has 4 rings (SSSR count). The molecule has 2 heterocycles. The molecule has 0 unspecified atom stereocenters. The van der Waals surface area contributed by atoms with Crippen LogP contribution in [0.5, 0.6) is 0 Å². The lowest BCUT2D eigenvalue weighted by atomic mass is 10.00. The predicted octanol–water partition coefficient (Wildman–Crippen LogP) is 3.10. The highest BCUT2D eigenvalue weighted by atomic mass is 16.4. The van der Waals surface area contributed by atoms with Gasteiger partial charge in [0.15, 0.2) is 0 Å². The van der Waals surface area contributed by atoms with Crippen LogP contribution in [0.25, 0.3) is 0 Å². The van der Waals surface area contributed by atoms with Gasteiger partial charge in [0.2, 0.25) is 0 Å². The molecule has 4 nitrogen and oxygen atoms in total. The second-order valence-electron chi connectivity index (χ2n) is 6.83. The maximum Gasteiger partial charge on any atom is 0.309 e. The maximum atomic E-state index is 10.6. The van der Waals surface area contributed by atoms with Crippen molar-refractivity contribution in [2.75, 3.05) is 26.2 Å². The Labute approximate surface area is 149 Å². The SMILES string of the molecule is O=C(O)C1CN(Cc2ccccc2)C1.c1ccc(CN2CCC2)cc1. The highest BCUT2D eigenvalue weighted by Crippen LogP contribution is 2.18. The standard InChI is InChI=1S/C11H13NO2.C10H13N/c13-11(14)10-7-12(8-10)6-9-4-2-1-3-5-9;1-2-5-10(6-3-1)9-11-7-4-8-11/h1-5,10H,6-8H2,(H,13,14);1-3,5-6H,4,7-9H2. The number of carboxylic acids is 1. The summed E-state index contributed by atoms with van der Waals surface area (Å²) in [5.74, 6) is -0.826. The minimum absolute atomic E-state index is 0.154. The Bertz CT molecular complexity index is 650. The molecule has 0 saturated carbocycles. The van der Waals surface area contributed by atoms with E-state index in [2.05, 4.69) is 52.3 Å². The van der Waals surface area contributed by atoms with Gasteiger partial charge in [-0.1, -0.05) is 60.7 Å². The second kappa shape index (κ2) is 8.79. The van der Waals surface area contributed by atoms with Crippen molar-refractivity contribution in [3.63, 3.8) is 0 Å². The van der Waals surface area contributed by atoms with E-state index < -0.39 is 5.97 Å². The summed E-state index contributed by atoms with van der Waals surface area (Å²) in [4.78, 5) is 15.2. The molecule has 0 atom stereocenters. The summed E-state index contributed by atoms with van der Waals surface area (Å²) in [5.41, 5.74) is 2.68. The number of carbonyl (C=O) groups is 1. The normalized spacial score (nSPS) is 17.8. The Kier molecular flexibility index (Phi) is 6.20. The molecule has 0 aromatic heterocycles. The van der Waals surface area contributed by atoms with Crippen LogP contribution in [0, 0.1) is 5.92 Å². The molecule has 0 spiro atoms. The topological polar surface area (TPSA) is 43.8 Å². The average Bonchev–Trinajstić information content (AvgIpc) is 2.56. The Morgan fingerprint density at radius 2 is 1.32 bits per heavy atom. The first-order valence-electron chi connectivity index (χ1n) is 8.96. The van der Waals surface area contributed by atoms with E-state index in [0.717, 1.165) is 13.1 Å². The monoisotopic (exact) mass is 338 g/mol. The van der Waals surface area contributed by atoms with Crippen molar-refractivity contribution >= 4 is 5.97 Å². The molecule has 2 fully saturated rings. The van der Waals surface area contributed by atoms with Gasteiger partial charge in [0.05, 0.1) is 5.92 Å². The number of aliphatic carboxylic acids is 1. The summed E-state index contributed by atoms with van der Waals surface area (Å²) in [6.45, 7) is 5.95. The van der Waals surface area contributed by atoms with Crippen LogP contribution < -0.4 is 0 Å². The van der Waals surface area contributed by atoms with Crippen LogP contribution in [0.2, 0.25) is 0 Å². The van der Waals surface area contributed by atoms with Crippen LogP contribution in [-0.4, -0.2) is 47.1 Å². The average molecular weight is 338 g/mol. The molecular formula is C21H26N2O2. The van der Waals surface area contributed by atoms with Crippen molar-refractivity contribution in [1.29, 1.82) is 0 Å². The van der Waals surface area contributed by atoms with E-state index >= 15 is 0 Å². The third-order valence-corrected chi connectivity index (χ3v) is 4.75. The number of hydrogen-bond donors (Lipinski definition) is 1. The van der Waals surface area contributed by atoms with E-state index in [-0.39, 0.29) is 5.92 Å². The van der Waals surface area contributed by atoms with Crippen LogP contribution in [0.3, 0.4) is 0 Å². The molecule has 2 aliphatic heterocycles. The summed E-state index contributed by atoms with van der Waals surface area (Å²) in [7, 11) is 0. The van der Waals surface area contributed by atoms with Gasteiger partial charge in [-0.25, -0.2) is 0 Å². The van der Waals surface area contributed by atoms with Crippen LogP contribution in [0.15, 0.2) is 60.7 Å². The van der Waals surface area contributed by atoms with E-state index in [1.54, 1.807) is 0 Å². The molecule has 0 radical (unpaired) electrons. The highest BCUT2D eigenvalue weighted by Gasteiger charge is 2.31. The van der Waals surface area contributed by atoms with Gasteiger partial charge in [0, 0.05) is 26.2 Å². The zero-order valence-electron chi connectivity index (χ0n) is 14.6. The van der Waals surface area contributed by atoms with E-state index in [0.29, 0.717) is 13.1 Å². The van der Waals surface area contributed by atoms with Crippen LogP contribution in [-0.2, 0) is 17.9 Å². The molecule has 2 saturated heterocycles. The fourth-order valence-corrected chi connectivity index (χ4v) is 3.08. The lowest BCUT2D eigenvalue weighted by molar-refractivity contribution is -0.147. The lowest BCUT2D eigenvalue weighted by Crippen LogP contribution is -2.49. The molecule has 2 aromatic rings. The Morgan fingerprint density at radius 1 is 0.840 bits per heavy atom. The van der Waals surface area contributed by atoms with Crippen LogP contribution >= 0.6 is 0 Å². The van der Waals surface area contributed by atoms with Crippen molar-refractivity contribution in [2.24, 2.45) is 5.92 Å². The minimum Gasteiger partial charge on any atom is -0.481 e. The van der Waals surface area contributed by atoms with E-state index in [1.165, 1.54) is 30.6 Å². The zero-order chi connectivity index (χ0) is 17.5. The van der Waals surface area contributed by atoms with Gasteiger partial charge in [-0.3, -0.25) is 14.6 Å². The second-order valence-corrected chi connectivity index (χ2v) is 6.83. The quantitative estimate of drug-likeness (QED) is 0.910. The molecule has 2 aliphatic rings. The zero-order valence-corrected chi connectivity index (χ0v) is 14.6. The third kappa shape index (κ3) is 5.41. The van der Waals surface area contributed by atoms with Gasteiger partial charge < -0.3 is 5.11 Å². The number of carboxylic acid groups (broad SMARTS) is 1. The Hall–Kier alpha value is -2.17. The minimum atomic E-state index is -0.672. The number of nitrogens with zero attached hydrogens (tertiary/aromatic N) is 2. The van der Waals surface area contributed by atoms with Crippen molar-refractivity contribution < 1.29 is 9.90 Å². The van der Waals surface area contributed by atoms with Gasteiger partial charge in [-0.05, 0) is 30.6 Å². The van der Waals surface area contributed by atoms with E-state index in [4.69, 9.17) is 5.11 Å². The molecule has 4 heteroatoms. The smallest absolute Gasteiger partial charge is 0.309 e. The van der Waals surface area contributed by atoms with Gasteiger partial charge >= 0.3 is 5.97 Å². The first-order valence-corrected chi connectivity index (χ1v) is 8.96. The maximum absolute atomic E-state index is 10.6. The van der Waals surface area contributed by atoms with Crippen LogP contribution in [0.1, 0.15) is 17.5 Å². The van der Waals surface area contributed by atoms with Gasteiger partial charge in [-0.2, -0.15) is 0 Å². The summed E-state index contributed by atoms with van der Waals surface area (Å²) in [6.07, 6.45) is 1.38. The molecule has 1 N–H and O–H groups in total. The van der Waals surface area contributed by atoms with Crippen molar-refractivity contribution in [1.82, 2.24) is 9.80 Å². The molecule has 132 valence electrons. The predicted molar refractivity (Wildman–Crippen MR) is 99.2 cm³/mol. The number of hydrogen-bond acceptors (Lipinski definition) is 3. The summed E-state index contributed by atoms with van der Waals surface area (Å²) in [6, 6.07) is 20.8. The highest BCUT2D eigenvalue weighted by molar-refractivity contribution is 5.71. The fraction of sp³-hybridized carbons (Fsp3) is 0.381. The summed E-state index contributed by atoms with van der Waals surface area (Å²) in [5, 5.41) is 8.69. The third-order valence-electron chi connectivity index (χ3n) is 4.75. The number of rotatable bonds is 5.